The van der Waals surface area contributed by atoms with Gasteiger partial charge in [0.25, 0.3) is 10.0 Å². The molecule has 0 bridgehead atoms. The summed E-state index contributed by atoms with van der Waals surface area (Å²) in [7, 11) is -2.55. The number of rotatable bonds is 10. The smallest absolute Gasteiger partial charge is 0.264 e. The Morgan fingerprint density at radius 3 is 1.84 bits per heavy atom. The first-order valence-corrected chi connectivity index (χ1v) is 14.1. The van der Waals surface area contributed by atoms with Crippen LogP contribution >= 0.6 is 0 Å². The van der Waals surface area contributed by atoms with E-state index in [0.717, 1.165) is 32.1 Å². The van der Waals surface area contributed by atoms with Crippen LogP contribution in [0.3, 0.4) is 0 Å². The van der Waals surface area contributed by atoms with E-state index >= 15 is 0 Å². The fourth-order valence-electron chi connectivity index (χ4n) is 4.44. The summed E-state index contributed by atoms with van der Waals surface area (Å²) in [4.78, 5) is 28.3. The van der Waals surface area contributed by atoms with Crippen molar-refractivity contribution in [1.82, 2.24) is 10.2 Å². The van der Waals surface area contributed by atoms with E-state index in [1.165, 1.54) is 11.9 Å². The van der Waals surface area contributed by atoms with E-state index < -0.39 is 28.5 Å². The van der Waals surface area contributed by atoms with Crippen molar-refractivity contribution >= 4 is 27.5 Å². The molecule has 1 atom stereocenters. The van der Waals surface area contributed by atoms with Crippen LogP contribution in [0, 0.1) is 27.7 Å². The van der Waals surface area contributed by atoms with Gasteiger partial charge in [-0.2, -0.15) is 0 Å². The minimum absolute atomic E-state index is 0.0958. The molecule has 7 nitrogen and oxygen atoms in total. The van der Waals surface area contributed by atoms with Crippen molar-refractivity contribution in [2.24, 2.45) is 0 Å². The molecule has 0 fully saturated rings. The molecule has 202 valence electrons. The average Bonchev–Trinajstić information content (AvgIpc) is 2.87. The number of hydrogen-bond donors (Lipinski definition) is 1. The Hall–Kier alpha value is -3.65. The number of hydrogen-bond acceptors (Lipinski definition) is 4. The Labute approximate surface area is 226 Å². The van der Waals surface area contributed by atoms with E-state index in [9.17, 15) is 18.0 Å². The molecule has 1 N–H and O–H groups in total. The van der Waals surface area contributed by atoms with Gasteiger partial charge in [-0.3, -0.25) is 13.9 Å². The average molecular weight is 536 g/mol. The van der Waals surface area contributed by atoms with Crippen LogP contribution in [0.5, 0.6) is 0 Å². The molecule has 8 heteroatoms. The van der Waals surface area contributed by atoms with Gasteiger partial charge in [-0.25, -0.2) is 8.42 Å². The van der Waals surface area contributed by atoms with Crippen LogP contribution in [0.15, 0.2) is 71.6 Å². The first-order valence-electron chi connectivity index (χ1n) is 12.7. The zero-order valence-electron chi connectivity index (χ0n) is 23.0. The van der Waals surface area contributed by atoms with E-state index in [1.807, 2.05) is 65.0 Å². The number of nitrogens with zero attached hydrogens (tertiary/aromatic N) is 2. The van der Waals surface area contributed by atoms with E-state index in [0.29, 0.717) is 12.1 Å². The molecule has 0 spiro atoms. The largest absolute Gasteiger partial charge is 0.357 e. The summed E-state index contributed by atoms with van der Waals surface area (Å²) in [5.41, 5.74) is 5.02. The zero-order valence-corrected chi connectivity index (χ0v) is 23.8. The molecule has 0 saturated heterocycles. The van der Waals surface area contributed by atoms with Crippen LogP contribution in [-0.4, -0.2) is 44.8 Å². The van der Waals surface area contributed by atoms with Crippen LogP contribution in [0.1, 0.15) is 41.2 Å². The molecular weight excluding hydrogens is 498 g/mol. The van der Waals surface area contributed by atoms with Crippen molar-refractivity contribution in [2.45, 2.75) is 58.5 Å². The SMILES string of the molecule is CC[C@H](C(=O)NC)N(Cc1ccc(C)cc1)C(=O)CN(c1cc(C)cc(C)c1)S(=O)(=O)c1ccc(C)cc1. The number of amides is 2. The van der Waals surface area contributed by atoms with Crippen molar-refractivity contribution < 1.29 is 18.0 Å². The fraction of sp³-hybridized carbons (Fsp3) is 0.333. The molecule has 0 radical (unpaired) electrons. The van der Waals surface area contributed by atoms with Crippen LogP contribution in [0.4, 0.5) is 5.69 Å². The van der Waals surface area contributed by atoms with E-state index in [2.05, 4.69) is 5.32 Å². The third-order valence-corrected chi connectivity index (χ3v) is 8.28. The third-order valence-electron chi connectivity index (χ3n) is 6.49. The van der Waals surface area contributed by atoms with Crippen LogP contribution in [0.2, 0.25) is 0 Å². The highest BCUT2D eigenvalue weighted by Crippen LogP contribution is 2.27. The van der Waals surface area contributed by atoms with Gasteiger partial charge in [-0.15, -0.1) is 0 Å². The first-order chi connectivity index (χ1) is 18.0. The maximum Gasteiger partial charge on any atom is 0.264 e. The molecule has 0 aliphatic rings. The van der Waals surface area contributed by atoms with Crippen LogP contribution < -0.4 is 9.62 Å². The van der Waals surface area contributed by atoms with E-state index in [-0.39, 0.29) is 17.3 Å². The number of anilines is 1. The maximum absolute atomic E-state index is 14.0. The molecule has 0 aliphatic carbocycles. The molecule has 38 heavy (non-hydrogen) atoms. The number of benzene rings is 3. The van der Waals surface area contributed by atoms with Crippen molar-refractivity contribution in [2.75, 3.05) is 17.9 Å². The summed E-state index contributed by atoms with van der Waals surface area (Å²) in [5, 5.41) is 2.64. The molecular formula is C30H37N3O4S. The Bertz CT molecular complexity index is 1360. The molecule has 2 amide bonds. The molecule has 3 aromatic rings. The second-order valence-corrected chi connectivity index (χ2v) is 11.6. The van der Waals surface area contributed by atoms with Gasteiger partial charge < -0.3 is 10.2 Å². The van der Waals surface area contributed by atoms with Crippen molar-refractivity contribution in [3.05, 3.63) is 94.5 Å². The lowest BCUT2D eigenvalue weighted by atomic mass is 10.1. The summed E-state index contributed by atoms with van der Waals surface area (Å²) < 4.78 is 29.0. The predicted molar refractivity (Wildman–Crippen MR) is 152 cm³/mol. The van der Waals surface area contributed by atoms with Crippen LogP contribution in [-0.2, 0) is 26.2 Å². The summed E-state index contributed by atoms with van der Waals surface area (Å²) >= 11 is 0. The van der Waals surface area contributed by atoms with Gasteiger partial charge in [0.1, 0.15) is 12.6 Å². The van der Waals surface area contributed by atoms with Gasteiger partial charge in [0, 0.05) is 13.6 Å². The topological polar surface area (TPSA) is 86.8 Å². The lowest BCUT2D eigenvalue weighted by Gasteiger charge is -2.33. The minimum Gasteiger partial charge on any atom is -0.357 e. The van der Waals surface area contributed by atoms with Crippen molar-refractivity contribution in [3.63, 3.8) is 0 Å². The zero-order chi connectivity index (χ0) is 28.0. The minimum atomic E-state index is -4.08. The highest BCUT2D eigenvalue weighted by molar-refractivity contribution is 7.92. The highest BCUT2D eigenvalue weighted by atomic mass is 32.2. The summed E-state index contributed by atoms with van der Waals surface area (Å²) in [5.74, 6) is -0.761. The molecule has 3 aromatic carbocycles. The van der Waals surface area contributed by atoms with Gasteiger partial charge in [-0.05, 0) is 75.1 Å². The lowest BCUT2D eigenvalue weighted by molar-refractivity contribution is -0.140. The third kappa shape index (κ3) is 6.81. The van der Waals surface area contributed by atoms with Crippen molar-refractivity contribution in [3.8, 4) is 0 Å². The molecule has 0 heterocycles. The number of sulfonamides is 1. The Balaban J connectivity index is 2.09. The first kappa shape index (κ1) is 28.9. The molecule has 0 aliphatic heterocycles. The van der Waals surface area contributed by atoms with Crippen LogP contribution in [0.25, 0.3) is 0 Å². The Morgan fingerprint density at radius 2 is 1.34 bits per heavy atom. The van der Waals surface area contributed by atoms with Gasteiger partial charge in [-0.1, -0.05) is 60.5 Å². The van der Waals surface area contributed by atoms with Gasteiger partial charge >= 0.3 is 0 Å². The highest BCUT2D eigenvalue weighted by Gasteiger charge is 2.33. The molecule has 0 unspecified atom stereocenters. The second-order valence-electron chi connectivity index (χ2n) is 9.72. The summed E-state index contributed by atoms with van der Waals surface area (Å²) in [6, 6.07) is 19.0. The monoisotopic (exact) mass is 535 g/mol. The summed E-state index contributed by atoms with van der Waals surface area (Å²) in [6.45, 7) is 9.20. The normalized spacial score (nSPS) is 12.1. The van der Waals surface area contributed by atoms with Crippen molar-refractivity contribution in [1.29, 1.82) is 0 Å². The summed E-state index contributed by atoms with van der Waals surface area (Å²) in [6.07, 6.45) is 0.380. The second kappa shape index (κ2) is 12.3. The number of likely N-dealkylation sites (N-methyl/N-ethyl adjacent to an activating group) is 1. The molecule has 3 rings (SSSR count). The number of carbonyl (C=O) groups excluding carboxylic acids is 2. The quantitative estimate of drug-likeness (QED) is 0.409. The standard InChI is InChI=1S/C30H37N3O4S/c1-7-28(30(35)31-6)32(19-25-12-8-21(2)9-13-25)29(34)20-33(26-17-23(4)16-24(5)18-26)38(36,37)27-14-10-22(3)11-15-27/h8-18,28H,7,19-20H2,1-6H3,(H,31,35)/t28-/m1/s1. The Morgan fingerprint density at radius 1 is 0.816 bits per heavy atom. The predicted octanol–water partition coefficient (Wildman–Crippen LogP) is 4.67. The molecule has 0 saturated carbocycles. The Kier molecular flexibility index (Phi) is 9.33. The van der Waals surface area contributed by atoms with Gasteiger partial charge in [0.15, 0.2) is 0 Å². The van der Waals surface area contributed by atoms with Gasteiger partial charge in [0.05, 0.1) is 10.6 Å². The number of aryl methyl sites for hydroxylation is 4. The number of nitrogens with one attached hydrogen (secondary N) is 1. The van der Waals surface area contributed by atoms with E-state index in [1.54, 1.807) is 36.4 Å². The molecule has 0 aromatic heterocycles. The number of carbonyl (C=O) groups is 2. The fourth-order valence-corrected chi connectivity index (χ4v) is 5.83. The van der Waals surface area contributed by atoms with Gasteiger partial charge in [0.2, 0.25) is 11.8 Å². The lowest BCUT2D eigenvalue weighted by Crippen LogP contribution is -2.51. The van der Waals surface area contributed by atoms with E-state index in [4.69, 9.17) is 0 Å². The maximum atomic E-state index is 14.0.